The molecule has 0 aliphatic heterocycles. The number of nitrogens with two attached hydrogens (primary N) is 1. The zero-order valence-corrected chi connectivity index (χ0v) is 7.12. The van der Waals surface area contributed by atoms with Gasteiger partial charge in [0.15, 0.2) is 0 Å². The van der Waals surface area contributed by atoms with Crippen LogP contribution in [0.5, 0.6) is 11.5 Å². The van der Waals surface area contributed by atoms with E-state index in [0.29, 0.717) is 11.1 Å². The molecule has 0 bridgehead atoms. The lowest BCUT2D eigenvalue weighted by Gasteiger charge is -2.03. The van der Waals surface area contributed by atoms with Gasteiger partial charge >= 0.3 is 0 Å². The van der Waals surface area contributed by atoms with Crippen molar-refractivity contribution < 1.29 is 10.2 Å². The van der Waals surface area contributed by atoms with Gasteiger partial charge in [-0.05, 0) is 17.7 Å². The Morgan fingerprint density at radius 3 is 2.23 bits per heavy atom. The van der Waals surface area contributed by atoms with Crippen molar-refractivity contribution in [2.45, 2.75) is 0 Å². The summed E-state index contributed by atoms with van der Waals surface area (Å²) in [5, 5.41) is 18.3. The van der Waals surface area contributed by atoms with Crippen molar-refractivity contribution in [2.24, 2.45) is 5.73 Å². The molecule has 4 N–H and O–H groups in total. The average molecular weight is 177 g/mol. The number of benzene rings is 1. The van der Waals surface area contributed by atoms with Gasteiger partial charge < -0.3 is 15.9 Å². The molecule has 3 heteroatoms. The molecule has 0 fully saturated rings. The molecule has 0 saturated carbocycles. The van der Waals surface area contributed by atoms with Crippen LogP contribution < -0.4 is 5.73 Å². The number of phenols is 2. The first-order valence-corrected chi connectivity index (χ1v) is 3.79. The topological polar surface area (TPSA) is 66.5 Å². The molecule has 0 radical (unpaired) electrons. The molecule has 0 unspecified atom stereocenters. The van der Waals surface area contributed by atoms with E-state index in [1.807, 2.05) is 0 Å². The number of hydrogen-bond acceptors (Lipinski definition) is 3. The van der Waals surface area contributed by atoms with E-state index in [2.05, 4.69) is 12.3 Å². The SMILES string of the molecule is C=C=C(CN)c1cc(O)cc(O)c1. The summed E-state index contributed by atoms with van der Waals surface area (Å²) in [6.07, 6.45) is 0. The van der Waals surface area contributed by atoms with Gasteiger partial charge in [0.25, 0.3) is 0 Å². The molecule has 0 aliphatic rings. The number of aromatic hydroxyl groups is 2. The maximum atomic E-state index is 9.17. The van der Waals surface area contributed by atoms with Crippen LogP contribution in [0.2, 0.25) is 0 Å². The van der Waals surface area contributed by atoms with Crippen LogP contribution in [0.25, 0.3) is 5.57 Å². The van der Waals surface area contributed by atoms with E-state index in [9.17, 15) is 10.2 Å². The van der Waals surface area contributed by atoms with E-state index in [1.54, 1.807) is 0 Å². The first-order chi connectivity index (χ1) is 6.17. The zero-order chi connectivity index (χ0) is 9.84. The second-order valence-corrected chi connectivity index (χ2v) is 2.60. The van der Waals surface area contributed by atoms with Crippen LogP contribution in [-0.4, -0.2) is 16.8 Å². The molecule has 0 heterocycles. The Balaban J connectivity index is 3.22. The summed E-state index contributed by atoms with van der Waals surface area (Å²) >= 11 is 0. The first kappa shape index (κ1) is 9.39. The Bertz CT molecular complexity index is 345. The highest BCUT2D eigenvalue weighted by Crippen LogP contribution is 2.24. The van der Waals surface area contributed by atoms with Crippen LogP contribution in [0, 0.1) is 0 Å². The van der Waals surface area contributed by atoms with Crippen molar-refractivity contribution in [3.8, 4) is 11.5 Å². The normalized spacial score (nSPS) is 9.31. The van der Waals surface area contributed by atoms with Gasteiger partial charge in [-0.3, -0.25) is 0 Å². The minimum absolute atomic E-state index is 0.00352. The van der Waals surface area contributed by atoms with E-state index < -0.39 is 0 Å². The molecule has 68 valence electrons. The summed E-state index contributed by atoms with van der Waals surface area (Å²) in [6.45, 7) is 3.73. The fourth-order valence-electron chi connectivity index (χ4n) is 1.06. The molecule has 1 rings (SSSR count). The highest BCUT2D eigenvalue weighted by Gasteiger charge is 2.02. The fourth-order valence-corrected chi connectivity index (χ4v) is 1.06. The molecule has 0 aliphatic carbocycles. The summed E-state index contributed by atoms with van der Waals surface area (Å²) in [7, 11) is 0. The van der Waals surface area contributed by atoms with E-state index in [4.69, 9.17) is 5.73 Å². The smallest absolute Gasteiger partial charge is 0.119 e. The van der Waals surface area contributed by atoms with Crippen molar-refractivity contribution in [3.63, 3.8) is 0 Å². The van der Waals surface area contributed by atoms with E-state index in [0.717, 1.165) is 0 Å². The minimum Gasteiger partial charge on any atom is -0.508 e. The molecule has 13 heavy (non-hydrogen) atoms. The average Bonchev–Trinajstić information content (AvgIpc) is 2.04. The summed E-state index contributed by atoms with van der Waals surface area (Å²) < 4.78 is 0. The minimum atomic E-state index is -0.00352. The molecule has 0 aromatic heterocycles. The lowest BCUT2D eigenvalue weighted by Crippen LogP contribution is -2.01. The number of rotatable bonds is 2. The standard InChI is InChI=1S/C10H11NO2/c1-2-7(6-11)8-3-9(12)5-10(13)4-8/h3-5,12-13H,1,6,11H2. The third-order valence-electron chi connectivity index (χ3n) is 1.67. The Labute approximate surface area is 76.4 Å². The Morgan fingerprint density at radius 2 is 1.85 bits per heavy atom. The van der Waals surface area contributed by atoms with Gasteiger partial charge in [-0.1, -0.05) is 6.58 Å². The van der Waals surface area contributed by atoms with Crippen molar-refractivity contribution >= 4 is 5.57 Å². The molecule has 0 amide bonds. The first-order valence-electron chi connectivity index (χ1n) is 3.79. The lowest BCUT2D eigenvalue weighted by molar-refractivity contribution is 0.450. The van der Waals surface area contributed by atoms with Gasteiger partial charge in [0, 0.05) is 18.2 Å². The zero-order valence-electron chi connectivity index (χ0n) is 7.12. The Kier molecular flexibility index (Phi) is 2.75. The molecule has 1 aromatic carbocycles. The Hall–Kier alpha value is -1.70. The van der Waals surface area contributed by atoms with Crippen LogP contribution in [0.1, 0.15) is 5.56 Å². The molecular formula is C10H11NO2. The third-order valence-corrected chi connectivity index (χ3v) is 1.67. The van der Waals surface area contributed by atoms with Crippen molar-refractivity contribution in [1.82, 2.24) is 0 Å². The van der Waals surface area contributed by atoms with Crippen LogP contribution in [0.15, 0.2) is 30.5 Å². The van der Waals surface area contributed by atoms with E-state index in [-0.39, 0.29) is 18.0 Å². The van der Waals surface area contributed by atoms with Crippen molar-refractivity contribution in [1.29, 1.82) is 0 Å². The molecule has 1 aromatic rings. The highest BCUT2D eigenvalue weighted by atomic mass is 16.3. The summed E-state index contributed by atoms with van der Waals surface area (Å²) in [6, 6.07) is 4.25. The quantitative estimate of drug-likeness (QED) is 0.595. The highest BCUT2D eigenvalue weighted by molar-refractivity contribution is 5.68. The molecular weight excluding hydrogens is 166 g/mol. The van der Waals surface area contributed by atoms with Crippen LogP contribution >= 0.6 is 0 Å². The van der Waals surface area contributed by atoms with Crippen LogP contribution in [0.3, 0.4) is 0 Å². The molecule has 0 spiro atoms. The van der Waals surface area contributed by atoms with Gasteiger partial charge in [0.2, 0.25) is 0 Å². The van der Waals surface area contributed by atoms with Crippen LogP contribution in [0.4, 0.5) is 0 Å². The maximum absolute atomic E-state index is 9.17. The second kappa shape index (κ2) is 3.81. The van der Waals surface area contributed by atoms with Gasteiger partial charge in [0.1, 0.15) is 11.5 Å². The number of hydrogen-bond donors (Lipinski definition) is 3. The van der Waals surface area contributed by atoms with E-state index in [1.165, 1.54) is 18.2 Å². The fraction of sp³-hybridized carbons (Fsp3) is 0.100. The van der Waals surface area contributed by atoms with Gasteiger partial charge in [-0.25, -0.2) is 0 Å². The predicted octanol–water partition coefficient (Wildman–Crippen LogP) is 1.22. The van der Waals surface area contributed by atoms with E-state index >= 15 is 0 Å². The molecule has 0 saturated heterocycles. The van der Waals surface area contributed by atoms with Gasteiger partial charge in [0.05, 0.1) is 0 Å². The largest absolute Gasteiger partial charge is 0.508 e. The molecule has 3 nitrogen and oxygen atoms in total. The molecule has 0 atom stereocenters. The van der Waals surface area contributed by atoms with Crippen molar-refractivity contribution in [2.75, 3.05) is 6.54 Å². The summed E-state index contributed by atoms with van der Waals surface area (Å²) in [5.74, 6) is -0.00704. The maximum Gasteiger partial charge on any atom is 0.119 e. The van der Waals surface area contributed by atoms with Gasteiger partial charge in [-0.15, -0.1) is 5.73 Å². The van der Waals surface area contributed by atoms with Crippen molar-refractivity contribution in [3.05, 3.63) is 36.1 Å². The van der Waals surface area contributed by atoms with Crippen LogP contribution in [-0.2, 0) is 0 Å². The monoisotopic (exact) mass is 177 g/mol. The number of phenolic OH excluding ortho intramolecular Hbond substituents is 2. The van der Waals surface area contributed by atoms with Gasteiger partial charge in [-0.2, -0.15) is 0 Å². The Morgan fingerprint density at radius 1 is 1.31 bits per heavy atom. The summed E-state index contributed by atoms with van der Waals surface area (Å²) in [5.41, 5.74) is 9.35. The summed E-state index contributed by atoms with van der Waals surface area (Å²) in [4.78, 5) is 0. The second-order valence-electron chi connectivity index (χ2n) is 2.60. The third kappa shape index (κ3) is 2.12. The predicted molar refractivity (Wildman–Crippen MR) is 51.4 cm³/mol. The lowest BCUT2D eigenvalue weighted by atomic mass is 10.1.